The van der Waals surface area contributed by atoms with E-state index in [1.165, 1.54) is 32.7 Å². The Labute approximate surface area is 248 Å². The van der Waals surface area contributed by atoms with E-state index < -0.39 is 18.1 Å². The van der Waals surface area contributed by atoms with Gasteiger partial charge < -0.3 is 8.85 Å². The molecule has 4 rings (SSSR count). The summed E-state index contributed by atoms with van der Waals surface area (Å²) < 4.78 is 12.3. The van der Waals surface area contributed by atoms with E-state index in [1.807, 2.05) is 0 Å². The predicted octanol–water partition coefficient (Wildman–Crippen LogP) is 9.77. The summed E-state index contributed by atoms with van der Waals surface area (Å²) in [6.07, 6.45) is 0. The third-order valence-electron chi connectivity index (χ3n) is 5.73. The second-order valence-corrected chi connectivity index (χ2v) is 15.5. The quantitative estimate of drug-likeness (QED) is 0.120. The molecule has 0 aliphatic heterocycles. The Morgan fingerprint density at radius 3 is 1.16 bits per heavy atom. The molecule has 0 bridgehead atoms. The zero-order valence-corrected chi connectivity index (χ0v) is 30.1. The second kappa shape index (κ2) is 13.9. The van der Waals surface area contributed by atoms with Crippen molar-refractivity contribution in [3.05, 3.63) is 84.9 Å². The molecule has 0 aliphatic rings. The molecule has 0 spiro atoms. The van der Waals surface area contributed by atoms with Crippen molar-refractivity contribution < 1.29 is 34.7 Å². The van der Waals surface area contributed by atoms with Crippen LogP contribution in [-0.4, -0.2) is 18.1 Å². The Balaban J connectivity index is 0.000000338. The molecule has 2 radical (unpaired) electrons. The van der Waals surface area contributed by atoms with E-state index in [2.05, 4.69) is 142 Å². The molecule has 0 heterocycles. The number of rotatable bonds is 4. The Kier molecular flexibility index (Phi) is 12.5. The molecule has 4 aromatic rings. The van der Waals surface area contributed by atoms with Gasteiger partial charge in [-0.25, -0.2) is 0 Å². The molecule has 0 atom stereocenters. The van der Waals surface area contributed by atoms with Gasteiger partial charge in [0.25, 0.3) is 18.1 Å². The van der Waals surface area contributed by atoms with Crippen LogP contribution >= 0.6 is 0 Å². The summed E-state index contributed by atoms with van der Waals surface area (Å²) in [5.74, 6) is 2.21. The van der Waals surface area contributed by atoms with Crippen LogP contribution < -0.4 is 8.85 Å². The molecule has 2 nitrogen and oxygen atoms in total. The van der Waals surface area contributed by atoms with E-state index in [0.29, 0.717) is 0 Å². The number of hydrogen-bond acceptors (Lipinski definition) is 2. The third-order valence-corrected chi connectivity index (χ3v) is 6.95. The van der Waals surface area contributed by atoms with Crippen LogP contribution in [0.1, 0.15) is 52.7 Å². The molecule has 0 aliphatic carbocycles. The van der Waals surface area contributed by atoms with Crippen molar-refractivity contribution in [2.45, 2.75) is 78.6 Å². The minimum Gasteiger partial charge on any atom is -0.592 e. The molecule has 0 saturated heterocycles. The van der Waals surface area contributed by atoms with Crippen LogP contribution in [0.25, 0.3) is 21.5 Å². The van der Waals surface area contributed by atoms with Gasteiger partial charge in [-0.15, -0.1) is 83.2 Å². The van der Waals surface area contributed by atoms with Crippen molar-refractivity contribution in [1.82, 2.24) is 0 Å². The first kappa shape index (κ1) is 33.3. The van der Waals surface area contributed by atoms with Gasteiger partial charge in [-0.3, -0.25) is 0 Å². The smallest absolute Gasteiger partial charge is 0.260 e. The zero-order chi connectivity index (χ0) is 27.3. The van der Waals surface area contributed by atoms with E-state index >= 15 is 0 Å². The van der Waals surface area contributed by atoms with Gasteiger partial charge in [0.2, 0.25) is 0 Å². The first-order valence-corrected chi connectivity index (χ1v) is 17.4. The molecule has 0 unspecified atom stereocenters. The van der Waals surface area contributed by atoms with E-state index in [4.69, 9.17) is 8.85 Å². The first-order valence-electron chi connectivity index (χ1n) is 12.6. The van der Waals surface area contributed by atoms with Crippen LogP contribution in [0.5, 0.6) is 11.5 Å². The molecule has 4 aromatic carbocycles. The van der Waals surface area contributed by atoms with Crippen molar-refractivity contribution in [3.63, 3.8) is 0 Å². The minimum atomic E-state index is -0.729. The molecule has 0 saturated carbocycles. The third kappa shape index (κ3) is 8.66. The van der Waals surface area contributed by atoms with Gasteiger partial charge >= 0.3 is 0 Å². The molecular weight excluding hydrogens is 651 g/mol. The zero-order valence-electron chi connectivity index (χ0n) is 24.5. The van der Waals surface area contributed by atoms with Gasteiger partial charge in [0.1, 0.15) is 0 Å². The van der Waals surface area contributed by atoms with Crippen molar-refractivity contribution in [2.24, 2.45) is 0 Å². The van der Waals surface area contributed by atoms with Crippen LogP contribution in [0.3, 0.4) is 0 Å². The fourth-order valence-corrected chi connectivity index (χ4v) is 5.39. The fraction of sp³-hybridized carbons (Fsp3) is 0.375. The van der Waals surface area contributed by atoms with Crippen molar-refractivity contribution in [3.8, 4) is 11.5 Å². The Morgan fingerprint density at radius 2 is 0.892 bits per heavy atom. The summed E-state index contributed by atoms with van der Waals surface area (Å²) in [6.45, 7) is 28.2. The monoisotopic (exact) mass is 696 g/mol. The summed E-state index contributed by atoms with van der Waals surface area (Å²) >= 11 is 0. The molecule has 0 aromatic heterocycles. The van der Waals surface area contributed by atoms with Crippen molar-refractivity contribution >= 4 is 39.6 Å². The molecule has 0 N–H and O–H groups in total. The SMILES string of the molecule is C=C.C[Si](C)Oc1c(C(C)(C)C)[cH-]c2ccccc12.C[Si](C)Oc1c(C(C)(C)C)[cH-]c2ccccc12.[Hf]. The Morgan fingerprint density at radius 1 is 0.595 bits per heavy atom. The number of benzene rings is 2. The van der Waals surface area contributed by atoms with Crippen LogP contribution in [-0.2, 0) is 36.7 Å². The minimum absolute atomic E-state index is 0. The first-order chi connectivity index (χ1) is 16.8. The van der Waals surface area contributed by atoms with E-state index in [1.54, 1.807) is 0 Å². The van der Waals surface area contributed by atoms with Crippen molar-refractivity contribution in [2.75, 3.05) is 0 Å². The summed E-state index contributed by atoms with van der Waals surface area (Å²) in [5.41, 5.74) is 2.91. The van der Waals surface area contributed by atoms with Gasteiger partial charge in [0.05, 0.1) is 0 Å². The molecule has 198 valence electrons. The summed E-state index contributed by atoms with van der Waals surface area (Å²) in [4.78, 5) is 0. The maximum Gasteiger partial charge on any atom is 0.260 e. The largest absolute Gasteiger partial charge is 0.592 e. The molecule has 0 amide bonds. The molecule has 5 heteroatoms. The van der Waals surface area contributed by atoms with E-state index in [0.717, 1.165) is 11.5 Å². The topological polar surface area (TPSA) is 18.5 Å². The standard InChI is InChI=1S/2C15H20OSi.C2H4.Hf/c2*1-15(2,3)13-10-11-8-6-7-9-12(11)14(13)16-17(4)5;1-2;/h2*6-10H,1-5H3;1-2H2;/q2*-1;;. The molecule has 37 heavy (non-hydrogen) atoms. The number of fused-ring (bicyclic) bond motifs is 2. The predicted molar refractivity (Wildman–Crippen MR) is 164 cm³/mol. The summed E-state index contributed by atoms with van der Waals surface area (Å²) in [7, 11) is -1.46. The van der Waals surface area contributed by atoms with Crippen molar-refractivity contribution in [1.29, 1.82) is 0 Å². The van der Waals surface area contributed by atoms with E-state index in [9.17, 15) is 0 Å². The Hall–Kier alpha value is -1.70. The van der Waals surface area contributed by atoms with Crippen LogP contribution in [0.2, 0.25) is 26.2 Å². The van der Waals surface area contributed by atoms with Gasteiger partial charge in [-0.2, -0.15) is 0 Å². The van der Waals surface area contributed by atoms with Gasteiger partial charge in [-0.1, -0.05) is 64.8 Å². The van der Waals surface area contributed by atoms with Gasteiger partial charge in [-0.05, 0) is 48.5 Å². The molecular formula is C32H44HfO2Si2-2. The van der Waals surface area contributed by atoms with Crippen LogP contribution in [0, 0.1) is 0 Å². The van der Waals surface area contributed by atoms with Crippen LogP contribution in [0.4, 0.5) is 0 Å². The van der Waals surface area contributed by atoms with Gasteiger partial charge in [0.15, 0.2) is 0 Å². The summed E-state index contributed by atoms with van der Waals surface area (Å²) in [5, 5.41) is 5.08. The summed E-state index contributed by atoms with van der Waals surface area (Å²) in [6, 6.07) is 21.5. The maximum atomic E-state index is 6.13. The second-order valence-electron chi connectivity index (χ2n) is 11.5. The fourth-order valence-electron chi connectivity index (χ4n) is 4.13. The van der Waals surface area contributed by atoms with Crippen LogP contribution in [0.15, 0.2) is 73.8 Å². The average molecular weight is 695 g/mol. The average Bonchev–Trinajstić information content (AvgIpc) is 3.34. The molecule has 0 fully saturated rings. The maximum absolute atomic E-state index is 6.13. The van der Waals surface area contributed by atoms with Gasteiger partial charge in [0, 0.05) is 25.8 Å². The normalized spacial score (nSPS) is 11.5. The Bertz CT molecular complexity index is 1160. The number of hydrogen-bond donors (Lipinski definition) is 0. The van der Waals surface area contributed by atoms with E-state index in [-0.39, 0.29) is 36.7 Å².